The van der Waals surface area contributed by atoms with Crippen LogP contribution >= 0.6 is 27.3 Å². The molecule has 0 bridgehead atoms. The first-order chi connectivity index (χ1) is 16.5. The summed E-state index contributed by atoms with van der Waals surface area (Å²) in [7, 11) is 0. The molecule has 3 atom stereocenters. The largest absolute Gasteiger partial charge is 0.368 e. The van der Waals surface area contributed by atoms with Crippen LogP contribution in [0.1, 0.15) is 21.7 Å². The zero-order valence-electron chi connectivity index (χ0n) is 18.1. The second kappa shape index (κ2) is 9.77. The average molecular weight is 540 g/mol. The van der Waals surface area contributed by atoms with E-state index in [2.05, 4.69) is 26.2 Å². The summed E-state index contributed by atoms with van der Waals surface area (Å²) >= 11 is 4.77. The molecule has 2 fully saturated rings. The predicted octanol–water partition coefficient (Wildman–Crippen LogP) is 3.48. The van der Waals surface area contributed by atoms with Crippen molar-refractivity contribution in [3.05, 3.63) is 75.8 Å². The van der Waals surface area contributed by atoms with E-state index in [1.165, 1.54) is 11.3 Å². The zero-order chi connectivity index (χ0) is 23.7. The van der Waals surface area contributed by atoms with Crippen LogP contribution in [0.25, 0.3) is 10.4 Å². The van der Waals surface area contributed by atoms with Crippen LogP contribution in [0.2, 0.25) is 0 Å². The molecular formula is C25H22BrN3O4S. The fraction of sp³-hybridized carbons (Fsp3) is 0.280. The third-order valence-corrected chi connectivity index (χ3v) is 7.79. The first-order valence-electron chi connectivity index (χ1n) is 11.0. The molecule has 174 valence electrons. The number of Topliss-reactive ketones (excluding diaryl/α,β-unsaturated/α-hetero) is 1. The SMILES string of the molecule is O=C(NC(Cc1ccc(Br)cc1)C(=O)N1CCC2OCC(=O)C21)c1ccc(-c2cccnc2)s1. The molecule has 0 saturated carbocycles. The van der Waals surface area contributed by atoms with Crippen LogP contribution in [0, 0.1) is 0 Å². The number of carbonyl (C=O) groups is 3. The van der Waals surface area contributed by atoms with Crippen molar-refractivity contribution in [2.45, 2.75) is 31.0 Å². The highest BCUT2D eigenvalue weighted by atomic mass is 79.9. The Kier molecular flexibility index (Phi) is 6.58. The predicted molar refractivity (Wildman–Crippen MR) is 132 cm³/mol. The van der Waals surface area contributed by atoms with Gasteiger partial charge in [0.25, 0.3) is 5.91 Å². The quantitative estimate of drug-likeness (QED) is 0.518. The summed E-state index contributed by atoms with van der Waals surface area (Å²) in [5.74, 6) is -0.657. The summed E-state index contributed by atoms with van der Waals surface area (Å²) in [6.07, 6.45) is 4.14. The van der Waals surface area contributed by atoms with Crippen LogP contribution in [0.5, 0.6) is 0 Å². The second-order valence-corrected chi connectivity index (χ2v) is 10.3. The number of halogens is 1. The van der Waals surface area contributed by atoms with Crippen molar-refractivity contribution < 1.29 is 19.1 Å². The molecule has 34 heavy (non-hydrogen) atoms. The third kappa shape index (κ3) is 4.68. The molecule has 1 N–H and O–H groups in total. The maximum Gasteiger partial charge on any atom is 0.262 e. The molecule has 3 unspecified atom stereocenters. The number of hydrogen-bond donors (Lipinski definition) is 1. The Labute approximate surface area is 209 Å². The lowest BCUT2D eigenvalue weighted by Gasteiger charge is -2.27. The van der Waals surface area contributed by atoms with Gasteiger partial charge in [0.15, 0.2) is 5.78 Å². The molecule has 3 aromatic rings. The number of benzene rings is 1. The fourth-order valence-electron chi connectivity index (χ4n) is 4.45. The molecule has 2 amide bonds. The van der Waals surface area contributed by atoms with E-state index < -0.39 is 12.1 Å². The Morgan fingerprint density at radius 1 is 1.21 bits per heavy atom. The monoisotopic (exact) mass is 539 g/mol. The van der Waals surface area contributed by atoms with Crippen molar-refractivity contribution in [2.24, 2.45) is 0 Å². The van der Waals surface area contributed by atoms with Crippen molar-refractivity contribution >= 4 is 44.9 Å². The molecule has 0 radical (unpaired) electrons. The average Bonchev–Trinajstić information content (AvgIpc) is 3.58. The number of nitrogens with one attached hydrogen (secondary N) is 1. The molecule has 0 aliphatic carbocycles. The van der Waals surface area contributed by atoms with Gasteiger partial charge >= 0.3 is 0 Å². The lowest BCUT2D eigenvalue weighted by molar-refractivity contribution is -0.138. The molecule has 1 aromatic carbocycles. The number of thiophene rings is 1. The minimum Gasteiger partial charge on any atom is -0.368 e. The number of likely N-dealkylation sites (tertiary alicyclic amines) is 1. The van der Waals surface area contributed by atoms with Crippen LogP contribution in [0.3, 0.4) is 0 Å². The maximum absolute atomic E-state index is 13.6. The van der Waals surface area contributed by atoms with Gasteiger partial charge in [0.2, 0.25) is 5.91 Å². The van der Waals surface area contributed by atoms with E-state index >= 15 is 0 Å². The number of amides is 2. The van der Waals surface area contributed by atoms with Gasteiger partial charge in [-0.3, -0.25) is 19.4 Å². The number of rotatable bonds is 6. The number of carbonyl (C=O) groups excluding carboxylic acids is 3. The number of hydrogen-bond acceptors (Lipinski definition) is 6. The van der Waals surface area contributed by atoms with Gasteiger partial charge in [-0.05, 0) is 42.3 Å². The van der Waals surface area contributed by atoms with Crippen molar-refractivity contribution in [2.75, 3.05) is 13.2 Å². The molecule has 4 heterocycles. The van der Waals surface area contributed by atoms with E-state index in [-0.39, 0.29) is 30.3 Å². The Morgan fingerprint density at radius 2 is 2.03 bits per heavy atom. The maximum atomic E-state index is 13.6. The number of pyridine rings is 1. The number of ketones is 1. The van der Waals surface area contributed by atoms with Gasteiger partial charge in [-0.15, -0.1) is 11.3 Å². The molecule has 2 saturated heterocycles. The van der Waals surface area contributed by atoms with E-state index in [0.717, 1.165) is 20.5 Å². The van der Waals surface area contributed by atoms with Crippen LogP contribution < -0.4 is 5.32 Å². The van der Waals surface area contributed by atoms with Crippen LogP contribution in [-0.2, 0) is 20.7 Å². The Bertz CT molecular complexity index is 1210. The molecule has 9 heteroatoms. The molecule has 0 spiro atoms. The Morgan fingerprint density at radius 3 is 2.79 bits per heavy atom. The fourth-order valence-corrected chi connectivity index (χ4v) is 5.61. The van der Waals surface area contributed by atoms with Gasteiger partial charge in [0, 0.05) is 40.3 Å². The van der Waals surface area contributed by atoms with Gasteiger partial charge in [0.05, 0.1) is 11.0 Å². The molecule has 2 aliphatic heterocycles. The highest BCUT2D eigenvalue weighted by Crippen LogP contribution is 2.29. The van der Waals surface area contributed by atoms with E-state index in [0.29, 0.717) is 24.3 Å². The molecule has 7 nitrogen and oxygen atoms in total. The Balaban J connectivity index is 1.37. The van der Waals surface area contributed by atoms with E-state index in [9.17, 15) is 14.4 Å². The van der Waals surface area contributed by atoms with Crippen molar-refractivity contribution in [1.82, 2.24) is 15.2 Å². The van der Waals surface area contributed by atoms with Gasteiger partial charge in [-0.2, -0.15) is 0 Å². The van der Waals surface area contributed by atoms with Gasteiger partial charge in [0.1, 0.15) is 18.7 Å². The zero-order valence-corrected chi connectivity index (χ0v) is 20.6. The normalized spacial score (nSPS) is 20.3. The topological polar surface area (TPSA) is 88.6 Å². The first-order valence-corrected chi connectivity index (χ1v) is 12.6. The highest BCUT2D eigenvalue weighted by molar-refractivity contribution is 9.10. The summed E-state index contributed by atoms with van der Waals surface area (Å²) in [5.41, 5.74) is 1.84. The van der Waals surface area contributed by atoms with Crippen LogP contribution in [-0.4, -0.2) is 58.8 Å². The van der Waals surface area contributed by atoms with E-state index in [1.54, 1.807) is 23.4 Å². The minimum atomic E-state index is -0.801. The van der Waals surface area contributed by atoms with E-state index in [4.69, 9.17) is 4.74 Å². The number of fused-ring (bicyclic) bond motifs is 1. The summed E-state index contributed by atoms with van der Waals surface area (Å²) in [5, 5.41) is 2.93. The van der Waals surface area contributed by atoms with Gasteiger partial charge in [-0.25, -0.2) is 0 Å². The molecule has 5 rings (SSSR count). The summed E-state index contributed by atoms with van der Waals surface area (Å²) < 4.78 is 6.47. The van der Waals surface area contributed by atoms with Gasteiger partial charge in [-0.1, -0.05) is 34.1 Å². The van der Waals surface area contributed by atoms with Crippen LogP contribution in [0.4, 0.5) is 0 Å². The smallest absolute Gasteiger partial charge is 0.262 e. The van der Waals surface area contributed by atoms with E-state index in [1.807, 2.05) is 42.5 Å². The molecule has 2 aliphatic rings. The highest BCUT2D eigenvalue weighted by Gasteiger charge is 2.48. The van der Waals surface area contributed by atoms with Crippen molar-refractivity contribution in [1.29, 1.82) is 0 Å². The number of nitrogens with zero attached hydrogens (tertiary/aromatic N) is 2. The Hall–Kier alpha value is -2.88. The van der Waals surface area contributed by atoms with Crippen molar-refractivity contribution in [3.8, 4) is 10.4 Å². The number of ether oxygens (including phenoxy) is 1. The van der Waals surface area contributed by atoms with Gasteiger partial charge < -0.3 is 15.0 Å². The second-order valence-electron chi connectivity index (χ2n) is 8.34. The lowest BCUT2D eigenvalue weighted by atomic mass is 10.0. The third-order valence-electron chi connectivity index (χ3n) is 6.13. The summed E-state index contributed by atoms with van der Waals surface area (Å²) in [6.45, 7) is 0.478. The lowest BCUT2D eigenvalue weighted by Crippen LogP contribution is -2.53. The summed E-state index contributed by atoms with van der Waals surface area (Å²) in [6, 6.07) is 13.7. The minimum absolute atomic E-state index is 0.0369. The number of aromatic nitrogens is 1. The molecular weight excluding hydrogens is 518 g/mol. The standard InChI is InChI=1S/C25H22BrN3O4S/c26-17-5-3-15(4-6-17)12-18(25(32)29-11-9-20-23(29)19(30)14-33-20)28-24(31)22-8-7-21(34-22)16-2-1-10-27-13-16/h1-8,10,13,18,20,23H,9,11-12,14H2,(H,28,31). The summed E-state index contributed by atoms with van der Waals surface area (Å²) in [4.78, 5) is 46.3. The van der Waals surface area contributed by atoms with Crippen LogP contribution in [0.15, 0.2) is 65.4 Å². The first kappa shape index (κ1) is 22.9. The van der Waals surface area contributed by atoms with Crippen molar-refractivity contribution in [3.63, 3.8) is 0 Å². The molecule has 2 aromatic heterocycles.